The second-order valence-electron chi connectivity index (χ2n) is 6.82. The van der Waals surface area contributed by atoms with E-state index in [1.54, 1.807) is 17.6 Å². The van der Waals surface area contributed by atoms with Crippen molar-refractivity contribution in [3.63, 3.8) is 0 Å². The highest BCUT2D eigenvalue weighted by Gasteiger charge is 2.07. The highest BCUT2D eigenvalue weighted by atomic mass is 32.2. The van der Waals surface area contributed by atoms with Crippen LogP contribution < -0.4 is 10.2 Å². The van der Waals surface area contributed by atoms with E-state index in [1.807, 2.05) is 60.7 Å². The molecule has 4 aromatic rings. The van der Waals surface area contributed by atoms with Gasteiger partial charge >= 0.3 is 0 Å². The van der Waals surface area contributed by atoms with E-state index in [4.69, 9.17) is 4.74 Å². The number of thiazole rings is 1. The number of nitrogens with one attached hydrogen (secondary N) is 1. The van der Waals surface area contributed by atoms with Gasteiger partial charge in [-0.25, -0.2) is 10.4 Å². The molecule has 0 fully saturated rings. The number of aromatic nitrogens is 1. The van der Waals surface area contributed by atoms with Crippen LogP contribution in [-0.4, -0.2) is 22.9 Å². The molecule has 0 aliphatic rings. The number of thioether (sulfide) groups is 1. The van der Waals surface area contributed by atoms with Gasteiger partial charge in [-0.05, 0) is 47.9 Å². The number of rotatable bonds is 8. The van der Waals surface area contributed by atoms with Crippen molar-refractivity contribution in [1.29, 1.82) is 0 Å². The smallest absolute Gasteiger partial charge is 0.250 e. The molecule has 4 rings (SSSR count). The maximum Gasteiger partial charge on any atom is 0.250 e. The number of carbonyl (C=O) groups is 1. The monoisotopic (exact) mass is 447 g/mol. The Labute approximate surface area is 189 Å². The largest absolute Gasteiger partial charge is 0.489 e. The molecule has 156 valence electrons. The van der Waals surface area contributed by atoms with E-state index >= 15 is 0 Å². The van der Waals surface area contributed by atoms with E-state index in [1.165, 1.54) is 17.3 Å². The third kappa shape index (κ3) is 5.93. The molecule has 0 aliphatic heterocycles. The Balaban J connectivity index is 1.26. The highest BCUT2D eigenvalue weighted by molar-refractivity contribution is 8.01. The number of hydrogen-bond acceptors (Lipinski definition) is 6. The van der Waals surface area contributed by atoms with Gasteiger partial charge in [0.05, 0.1) is 22.2 Å². The van der Waals surface area contributed by atoms with Crippen LogP contribution in [0.15, 0.2) is 82.2 Å². The molecule has 0 atom stereocenters. The van der Waals surface area contributed by atoms with E-state index < -0.39 is 0 Å². The van der Waals surface area contributed by atoms with Crippen molar-refractivity contribution in [3.8, 4) is 5.75 Å². The lowest BCUT2D eigenvalue weighted by Crippen LogP contribution is -2.19. The van der Waals surface area contributed by atoms with Crippen molar-refractivity contribution in [2.75, 3.05) is 5.75 Å². The zero-order valence-corrected chi connectivity index (χ0v) is 18.6. The molecule has 0 aliphatic carbocycles. The van der Waals surface area contributed by atoms with Crippen molar-refractivity contribution < 1.29 is 9.53 Å². The van der Waals surface area contributed by atoms with Gasteiger partial charge in [0.25, 0.3) is 5.91 Å². The summed E-state index contributed by atoms with van der Waals surface area (Å²) in [6.07, 6.45) is 1.61. The van der Waals surface area contributed by atoms with Crippen LogP contribution >= 0.6 is 23.1 Å². The van der Waals surface area contributed by atoms with Gasteiger partial charge in [-0.2, -0.15) is 5.10 Å². The molecule has 1 amide bonds. The number of fused-ring (bicyclic) bond motifs is 1. The zero-order chi connectivity index (χ0) is 21.5. The van der Waals surface area contributed by atoms with E-state index in [9.17, 15) is 4.79 Å². The van der Waals surface area contributed by atoms with Crippen LogP contribution in [0.2, 0.25) is 0 Å². The second-order valence-corrected chi connectivity index (χ2v) is 9.07. The predicted molar refractivity (Wildman–Crippen MR) is 128 cm³/mol. The topological polar surface area (TPSA) is 63.6 Å². The van der Waals surface area contributed by atoms with Gasteiger partial charge in [-0.3, -0.25) is 4.79 Å². The van der Waals surface area contributed by atoms with E-state index in [-0.39, 0.29) is 11.7 Å². The minimum absolute atomic E-state index is 0.174. The summed E-state index contributed by atoms with van der Waals surface area (Å²) in [5, 5.41) is 4.06. The average molecular weight is 448 g/mol. The third-order valence-electron chi connectivity index (χ3n) is 4.52. The maximum atomic E-state index is 12.1. The van der Waals surface area contributed by atoms with Gasteiger partial charge < -0.3 is 4.74 Å². The van der Waals surface area contributed by atoms with Gasteiger partial charge in [-0.15, -0.1) is 11.3 Å². The van der Waals surface area contributed by atoms with Crippen LogP contribution in [0.3, 0.4) is 0 Å². The van der Waals surface area contributed by atoms with Crippen LogP contribution in [-0.2, 0) is 11.4 Å². The number of amides is 1. The molecule has 1 heterocycles. The quantitative estimate of drug-likeness (QED) is 0.222. The van der Waals surface area contributed by atoms with Crippen molar-refractivity contribution in [2.45, 2.75) is 17.9 Å². The normalized spacial score (nSPS) is 11.1. The number of hydrogen-bond donors (Lipinski definition) is 1. The Morgan fingerprint density at radius 2 is 1.97 bits per heavy atom. The first-order chi connectivity index (χ1) is 15.2. The number of aryl methyl sites for hydroxylation is 1. The molecular weight excluding hydrogens is 426 g/mol. The third-order valence-corrected chi connectivity index (χ3v) is 6.70. The number of para-hydroxylation sites is 1. The fourth-order valence-corrected chi connectivity index (χ4v) is 4.73. The summed E-state index contributed by atoms with van der Waals surface area (Å²) in [6, 6.07) is 23.7. The van der Waals surface area contributed by atoms with Gasteiger partial charge in [0.15, 0.2) is 4.34 Å². The first-order valence-corrected chi connectivity index (χ1v) is 11.6. The summed E-state index contributed by atoms with van der Waals surface area (Å²) in [5.41, 5.74) is 6.72. The standard InChI is InChI=1S/C24H21N3O2S2/c1-17-7-2-3-9-19(17)15-29-20-10-6-8-18(13-20)14-25-27-23(28)16-30-24-26-21-11-4-5-12-22(21)31-24/h2-14H,15-16H2,1H3,(H,27,28)/b25-14+. The van der Waals surface area contributed by atoms with Crippen molar-refractivity contribution in [3.05, 3.63) is 89.5 Å². The number of carbonyl (C=O) groups excluding carboxylic acids is 1. The van der Waals surface area contributed by atoms with Gasteiger partial charge in [0.2, 0.25) is 0 Å². The van der Waals surface area contributed by atoms with Crippen LogP contribution in [0.4, 0.5) is 0 Å². The number of ether oxygens (including phenoxy) is 1. The lowest BCUT2D eigenvalue weighted by atomic mass is 10.1. The Morgan fingerprint density at radius 3 is 2.84 bits per heavy atom. The average Bonchev–Trinajstić information content (AvgIpc) is 3.21. The molecule has 5 nitrogen and oxygen atoms in total. The van der Waals surface area contributed by atoms with Gasteiger partial charge in [0.1, 0.15) is 12.4 Å². The molecule has 1 aromatic heterocycles. The highest BCUT2D eigenvalue weighted by Crippen LogP contribution is 2.29. The van der Waals surface area contributed by atoms with E-state index in [0.29, 0.717) is 6.61 Å². The molecule has 0 bridgehead atoms. The molecule has 31 heavy (non-hydrogen) atoms. The Kier molecular flexibility index (Phi) is 6.96. The molecule has 0 saturated carbocycles. The fraction of sp³-hybridized carbons (Fsp3) is 0.125. The number of benzene rings is 3. The molecule has 0 unspecified atom stereocenters. The maximum absolute atomic E-state index is 12.1. The Morgan fingerprint density at radius 1 is 1.13 bits per heavy atom. The number of hydrazone groups is 1. The van der Waals surface area contributed by atoms with E-state index in [2.05, 4.69) is 34.6 Å². The summed E-state index contributed by atoms with van der Waals surface area (Å²) in [5.74, 6) is 0.842. The van der Waals surface area contributed by atoms with Crippen LogP contribution in [0.25, 0.3) is 10.2 Å². The van der Waals surface area contributed by atoms with Gasteiger partial charge in [-0.1, -0.05) is 60.3 Å². The second kappa shape index (κ2) is 10.2. The zero-order valence-electron chi connectivity index (χ0n) is 16.9. The van der Waals surface area contributed by atoms with Crippen LogP contribution in [0, 0.1) is 6.92 Å². The molecular formula is C24H21N3O2S2. The molecule has 1 N–H and O–H groups in total. The number of nitrogens with zero attached hydrogens (tertiary/aromatic N) is 2. The molecule has 7 heteroatoms. The Bertz CT molecular complexity index is 1190. The molecule has 0 radical (unpaired) electrons. The summed E-state index contributed by atoms with van der Waals surface area (Å²) in [6.45, 7) is 2.58. The minimum atomic E-state index is -0.174. The summed E-state index contributed by atoms with van der Waals surface area (Å²) < 4.78 is 7.89. The van der Waals surface area contributed by atoms with Crippen LogP contribution in [0.5, 0.6) is 5.75 Å². The van der Waals surface area contributed by atoms with Crippen molar-refractivity contribution >= 4 is 45.4 Å². The predicted octanol–water partition coefficient (Wildman–Crippen LogP) is 5.43. The molecule has 0 saturated heterocycles. The van der Waals surface area contributed by atoms with Gasteiger partial charge in [0, 0.05) is 0 Å². The van der Waals surface area contributed by atoms with Crippen LogP contribution in [0.1, 0.15) is 16.7 Å². The summed E-state index contributed by atoms with van der Waals surface area (Å²) in [7, 11) is 0. The van der Waals surface area contributed by atoms with Crippen molar-refractivity contribution in [1.82, 2.24) is 10.4 Å². The first kappa shape index (κ1) is 21.1. The first-order valence-electron chi connectivity index (χ1n) is 9.75. The Hall–Kier alpha value is -3.16. The summed E-state index contributed by atoms with van der Waals surface area (Å²) in [4.78, 5) is 16.6. The minimum Gasteiger partial charge on any atom is -0.489 e. The fourth-order valence-electron chi connectivity index (χ4n) is 2.87. The lowest BCUT2D eigenvalue weighted by molar-refractivity contribution is -0.118. The van der Waals surface area contributed by atoms with E-state index in [0.717, 1.165) is 31.4 Å². The lowest BCUT2D eigenvalue weighted by Gasteiger charge is -2.09. The SMILES string of the molecule is Cc1ccccc1COc1cccc(/C=N/NC(=O)CSc2nc3ccccc3s2)c1. The van der Waals surface area contributed by atoms with Crippen molar-refractivity contribution in [2.24, 2.45) is 5.10 Å². The summed E-state index contributed by atoms with van der Waals surface area (Å²) >= 11 is 2.99. The molecule has 3 aromatic carbocycles. The molecule has 0 spiro atoms.